The average molecular weight is 349 g/mol. The molecule has 1 N–H and O–H groups in total. The highest BCUT2D eigenvalue weighted by molar-refractivity contribution is 5.78. The molecular formula is C19H31N3O3. The molecule has 0 unspecified atom stereocenters. The van der Waals surface area contributed by atoms with Crippen LogP contribution in [0.5, 0.6) is 11.5 Å². The van der Waals surface area contributed by atoms with Crippen molar-refractivity contribution < 1.29 is 14.3 Å². The van der Waals surface area contributed by atoms with E-state index in [1.54, 1.807) is 14.2 Å². The first-order valence-corrected chi connectivity index (χ1v) is 8.89. The number of likely N-dealkylation sites (N-methyl/N-ethyl adjacent to an activating group) is 1. The second-order valence-corrected chi connectivity index (χ2v) is 6.82. The lowest BCUT2D eigenvalue weighted by molar-refractivity contribution is -0.126. The van der Waals surface area contributed by atoms with E-state index in [0.29, 0.717) is 6.54 Å². The van der Waals surface area contributed by atoms with Gasteiger partial charge >= 0.3 is 0 Å². The number of likely N-dealkylation sites (tertiary alicyclic amines) is 1. The Bertz CT molecular complexity index is 555. The van der Waals surface area contributed by atoms with Crippen molar-refractivity contribution in [1.82, 2.24) is 15.1 Å². The Morgan fingerprint density at radius 3 is 2.56 bits per heavy atom. The SMILES string of the molecule is COc1ccc(OC)c(CN2CCC(C(=O)NCCN(C)C)CC2)c1. The molecule has 0 saturated carbocycles. The highest BCUT2D eigenvalue weighted by atomic mass is 16.5. The van der Waals surface area contributed by atoms with E-state index in [9.17, 15) is 4.79 Å². The van der Waals surface area contributed by atoms with E-state index in [1.807, 2.05) is 32.3 Å². The molecule has 6 heteroatoms. The highest BCUT2D eigenvalue weighted by Crippen LogP contribution is 2.27. The van der Waals surface area contributed by atoms with Gasteiger partial charge in [0, 0.05) is 31.1 Å². The summed E-state index contributed by atoms with van der Waals surface area (Å²) in [6.07, 6.45) is 1.81. The monoisotopic (exact) mass is 349 g/mol. The van der Waals surface area contributed by atoms with Crippen LogP contribution in [0.3, 0.4) is 0 Å². The summed E-state index contributed by atoms with van der Waals surface area (Å²) in [5.41, 5.74) is 1.12. The Balaban J connectivity index is 1.83. The summed E-state index contributed by atoms with van der Waals surface area (Å²) in [4.78, 5) is 16.7. The van der Waals surface area contributed by atoms with Gasteiger partial charge in [-0.05, 0) is 58.2 Å². The number of nitrogens with one attached hydrogen (secondary N) is 1. The summed E-state index contributed by atoms with van der Waals surface area (Å²) in [6.45, 7) is 4.25. The summed E-state index contributed by atoms with van der Waals surface area (Å²) in [7, 11) is 7.39. The molecule has 0 atom stereocenters. The molecule has 0 aromatic heterocycles. The molecule has 2 rings (SSSR count). The van der Waals surface area contributed by atoms with Gasteiger partial charge in [0.15, 0.2) is 0 Å². The molecule has 0 radical (unpaired) electrons. The number of rotatable bonds is 8. The van der Waals surface area contributed by atoms with E-state index in [4.69, 9.17) is 9.47 Å². The number of piperidine rings is 1. The van der Waals surface area contributed by atoms with Gasteiger partial charge in [0.05, 0.1) is 14.2 Å². The fourth-order valence-corrected chi connectivity index (χ4v) is 3.15. The fraction of sp³-hybridized carbons (Fsp3) is 0.632. The van der Waals surface area contributed by atoms with E-state index in [0.717, 1.165) is 56.1 Å². The summed E-state index contributed by atoms with van der Waals surface area (Å²) in [5, 5.41) is 3.05. The molecule has 0 spiro atoms. The molecule has 1 amide bonds. The van der Waals surface area contributed by atoms with Crippen molar-refractivity contribution in [3.63, 3.8) is 0 Å². The van der Waals surface area contributed by atoms with Gasteiger partial charge in [-0.2, -0.15) is 0 Å². The molecule has 25 heavy (non-hydrogen) atoms. The Kier molecular flexibility index (Phi) is 7.52. The number of hydrogen-bond acceptors (Lipinski definition) is 5. The van der Waals surface area contributed by atoms with Gasteiger partial charge in [0.1, 0.15) is 11.5 Å². The minimum Gasteiger partial charge on any atom is -0.497 e. The summed E-state index contributed by atoms with van der Waals surface area (Å²) in [5.74, 6) is 2.04. The third-order valence-corrected chi connectivity index (χ3v) is 4.70. The van der Waals surface area contributed by atoms with Gasteiger partial charge in [0.25, 0.3) is 0 Å². The van der Waals surface area contributed by atoms with Gasteiger partial charge < -0.3 is 19.7 Å². The summed E-state index contributed by atoms with van der Waals surface area (Å²) in [6, 6.07) is 5.88. The summed E-state index contributed by atoms with van der Waals surface area (Å²) >= 11 is 0. The van der Waals surface area contributed by atoms with Crippen LogP contribution < -0.4 is 14.8 Å². The maximum atomic E-state index is 12.2. The van der Waals surface area contributed by atoms with Crippen LogP contribution in [0.4, 0.5) is 0 Å². The Labute approximate surface area is 151 Å². The number of nitrogens with zero attached hydrogens (tertiary/aromatic N) is 2. The van der Waals surface area contributed by atoms with Crippen LogP contribution in [0, 0.1) is 5.92 Å². The molecule has 6 nitrogen and oxygen atoms in total. The predicted octanol–water partition coefficient (Wildman–Crippen LogP) is 1.59. The molecule has 1 fully saturated rings. The van der Waals surface area contributed by atoms with Crippen LogP contribution in [0.2, 0.25) is 0 Å². The van der Waals surface area contributed by atoms with E-state index in [1.165, 1.54) is 0 Å². The zero-order valence-corrected chi connectivity index (χ0v) is 15.9. The van der Waals surface area contributed by atoms with Gasteiger partial charge in [-0.3, -0.25) is 9.69 Å². The van der Waals surface area contributed by atoms with E-state index in [-0.39, 0.29) is 11.8 Å². The van der Waals surface area contributed by atoms with Crippen molar-refractivity contribution >= 4 is 5.91 Å². The van der Waals surface area contributed by atoms with Gasteiger partial charge in [-0.1, -0.05) is 0 Å². The van der Waals surface area contributed by atoms with Crippen molar-refractivity contribution in [3.05, 3.63) is 23.8 Å². The van der Waals surface area contributed by atoms with Crippen molar-refractivity contribution in [2.75, 3.05) is 54.5 Å². The second kappa shape index (κ2) is 9.63. The Morgan fingerprint density at radius 1 is 1.24 bits per heavy atom. The molecule has 1 aliphatic rings. The van der Waals surface area contributed by atoms with Crippen LogP contribution in [0.25, 0.3) is 0 Å². The topological polar surface area (TPSA) is 54.0 Å². The lowest BCUT2D eigenvalue weighted by atomic mass is 9.95. The minimum absolute atomic E-state index is 0.130. The Hall–Kier alpha value is -1.79. The molecular weight excluding hydrogens is 318 g/mol. The van der Waals surface area contributed by atoms with Crippen molar-refractivity contribution in [2.45, 2.75) is 19.4 Å². The van der Waals surface area contributed by atoms with Crippen LogP contribution in [-0.2, 0) is 11.3 Å². The molecule has 0 aliphatic carbocycles. The number of amides is 1. The second-order valence-electron chi connectivity index (χ2n) is 6.82. The number of hydrogen-bond donors (Lipinski definition) is 1. The van der Waals surface area contributed by atoms with Crippen molar-refractivity contribution in [3.8, 4) is 11.5 Å². The van der Waals surface area contributed by atoms with E-state index < -0.39 is 0 Å². The van der Waals surface area contributed by atoms with Gasteiger partial charge in [-0.25, -0.2) is 0 Å². The smallest absolute Gasteiger partial charge is 0.223 e. The zero-order chi connectivity index (χ0) is 18.2. The van der Waals surface area contributed by atoms with E-state index >= 15 is 0 Å². The largest absolute Gasteiger partial charge is 0.497 e. The number of carbonyl (C=O) groups is 1. The van der Waals surface area contributed by atoms with Gasteiger partial charge in [-0.15, -0.1) is 0 Å². The standard InChI is InChI=1S/C19H31N3O3/c1-21(2)12-9-20-19(23)15-7-10-22(11-8-15)14-16-13-17(24-3)5-6-18(16)25-4/h5-6,13,15H,7-12,14H2,1-4H3,(H,20,23). The number of benzene rings is 1. The average Bonchev–Trinajstić information content (AvgIpc) is 2.61. The molecule has 1 aliphatic heterocycles. The number of methoxy groups -OCH3 is 2. The third kappa shape index (κ3) is 5.90. The maximum absolute atomic E-state index is 12.2. The first-order chi connectivity index (χ1) is 12.0. The maximum Gasteiger partial charge on any atom is 0.223 e. The molecule has 140 valence electrons. The number of ether oxygens (including phenoxy) is 2. The first-order valence-electron chi connectivity index (χ1n) is 8.89. The predicted molar refractivity (Wildman–Crippen MR) is 99.1 cm³/mol. The fourth-order valence-electron chi connectivity index (χ4n) is 3.15. The highest BCUT2D eigenvalue weighted by Gasteiger charge is 2.25. The molecule has 0 bridgehead atoms. The van der Waals surface area contributed by atoms with Crippen molar-refractivity contribution in [1.29, 1.82) is 0 Å². The quantitative estimate of drug-likeness (QED) is 0.772. The lowest BCUT2D eigenvalue weighted by Crippen LogP contribution is -2.41. The van der Waals surface area contributed by atoms with Crippen LogP contribution >= 0.6 is 0 Å². The van der Waals surface area contributed by atoms with Crippen molar-refractivity contribution in [2.24, 2.45) is 5.92 Å². The molecule has 1 heterocycles. The third-order valence-electron chi connectivity index (χ3n) is 4.70. The molecule has 1 aromatic rings. The summed E-state index contributed by atoms with van der Waals surface area (Å²) < 4.78 is 10.8. The minimum atomic E-state index is 0.130. The van der Waals surface area contributed by atoms with Crippen LogP contribution in [-0.4, -0.2) is 70.2 Å². The zero-order valence-electron chi connectivity index (χ0n) is 15.9. The number of carbonyl (C=O) groups excluding carboxylic acids is 1. The van der Waals surface area contributed by atoms with Crippen LogP contribution in [0.15, 0.2) is 18.2 Å². The lowest BCUT2D eigenvalue weighted by Gasteiger charge is -2.31. The first kappa shape index (κ1) is 19.5. The molecule has 1 aromatic carbocycles. The van der Waals surface area contributed by atoms with E-state index in [2.05, 4.69) is 15.1 Å². The normalized spacial score (nSPS) is 16.0. The Morgan fingerprint density at radius 2 is 1.96 bits per heavy atom. The van der Waals surface area contributed by atoms with Crippen LogP contribution in [0.1, 0.15) is 18.4 Å². The van der Waals surface area contributed by atoms with Gasteiger partial charge in [0.2, 0.25) is 5.91 Å². The molecule has 1 saturated heterocycles.